The highest BCUT2D eigenvalue weighted by Crippen LogP contribution is 1.88. The van der Waals surface area contributed by atoms with E-state index >= 15 is 0 Å². The third-order valence-electron chi connectivity index (χ3n) is 1.86. The Morgan fingerprint density at radius 1 is 1.69 bits per heavy atom. The first-order chi connectivity index (χ1) is 7.63. The molecule has 0 fully saturated rings. The molecule has 5 heteroatoms. The SMILES string of the molecule is C=Cn1cc[n+](CCCC)c1.NCC(=O)[O-]. The minimum atomic E-state index is -1.22. The number of carboxylic acids is 1. The summed E-state index contributed by atoms with van der Waals surface area (Å²) in [6.07, 6.45) is 10.4. The van der Waals surface area contributed by atoms with E-state index < -0.39 is 5.97 Å². The Balaban J connectivity index is 0.000000385. The van der Waals surface area contributed by atoms with Crippen molar-refractivity contribution in [1.82, 2.24) is 4.57 Å². The maximum absolute atomic E-state index is 9.13. The fourth-order valence-corrected chi connectivity index (χ4v) is 0.992. The molecule has 0 aliphatic carbocycles. The van der Waals surface area contributed by atoms with Gasteiger partial charge in [0.05, 0.1) is 18.7 Å². The number of rotatable bonds is 5. The third-order valence-corrected chi connectivity index (χ3v) is 1.86. The molecule has 1 aromatic heterocycles. The van der Waals surface area contributed by atoms with Crippen LogP contribution in [0, 0.1) is 0 Å². The van der Waals surface area contributed by atoms with Crippen molar-refractivity contribution in [2.24, 2.45) is 5.73 Å². The molecule has 0 radical (unpaired) electrons. The summed E-state index contributed by atoms with van der Waals surface area (Å²) in [5.41, 5.74) is 4.51. The lowest BCUT2D eigenvalue weighted by Gasteiger charge is -1.90. The van der Waals surface area contributed by atoms with Gasteiger partial charge in [-0.1, -0.05) is 19.9 Å². The Hall–Kier alpha value is -1.62. The number of carboxylic acid groups (broad SMARTS) is 1. The Morgan fingerprint density at radius 3 is 2.69 bits per heavy atom. The quantitative estimate of drug-likeness (QED) is 0.678. The first kappa shape index (κ1) is 14.4. The number of aryl methyl sites for hydroxylation is 1. The zero-order chi connectivity index (χ0) is 12.4. The Labute approximate surface area is 95.8 Å². The summed E-state index contributed by atoms with van der Waals surface area (Å²) in [6.45, 7) is 6.59. The molecule has 0 bridgehead atoms. The molecule has 0 aromatic carbocycles. The summed E-state index contributed by atoms with van der Waals surface area (Å²) in [6, 6.07) is 0. The minimum absolute atomic E-state index is 0.389. The van der Waals surface area contributed by atoms with Gasteiger partial charge in [-0.2, -0.15) is 0 Å². The monoisotopic (exact) mass is 225 g/mol. The summed E-state index contributed by atoms with van der Waals surface area (Å²) in [5, 5.41) is 9.13. The van der Waals surface area contributed by atoms with Crippen molar-refractivity contribution in [2.75, 3.05) is 6.54 Å². The van der Waals surface area contributed by atoms with Crippen molar-refractivity contribution in [3.8, 4) is 0 Å². The molecular formula is C11H19N3O2. The van der Waals surface area contributed by atoms with E-state index in [1.165, 1.54) is 12.8 Å². The van der Waals surface area contributed by atoms with Crippen molar-refractivity contribution < 1.29 is 14.5 Å². The predicted molar refractivity (Wildman–Crippen MR) is 60.0 cm³/mol. The normalized spacial score (nSPS) is 9.12. The summed E-state index contributed by atoms with van der Waals surface area (Å²) in [7, 11) is 0. The molecule has 90 valence electrons. The molecule has 16 heavy (non-hydrogen) atoms. The van der Waals surface area contributed by atoms with Crippen molar-refractivity contribution in [3.05, 3.63) is 25.3 Å². The number of aliphatic carboxylic acids is 1. The standard InChI is InChI=1S/C9H15N2.C2H5NO2/c1-3-5-6-11-8-7-10(4-2)9-11;3-1-2(4)5/h4,7-9H,2-3,5-6H2,1H3;1,3H2,(H,4,5)/q+1;/p-1. The minimum Gasteiger partial charge on any atom is -0.549 e. The van der Waals surface area contributed by atoms with Crippen molar-refractivity contribution in [3.63, 3.8) is 0 Å². The molecule has 0 saturated heterocycles. The number of carbonyl (C=O) groups is 1. The molecule has 0 amide bonds. The maximum Gasteiger partial charge on any atom is 0.248 e. The van der Waals surface area contributed by atoms with Crippen LogP contribution < -0.4 is 15.4 Å². The summed E-state index contributed by atoms with van der Waals surface area (Å²) >= 11 is 0. The van der Waals surface area contributed by atoms with E-state index in [0.717, 1.165) is 6.54 Å². The molecule has 0 spiro atoms. The van der Waals surface area contributed by atoms with Gasteiger partial charge in [0, 0.05) is 6.54 Å². The summed E-state index contributed by atoms with van der Waals surface area (Å²) < 4.78 is 4.13. The zero-order valence-corrected chi connectivity index (χ0v) is 9.63. The fraction of sp³-hybridized carbons (Fsp3) is 0.455. The number of hydrogen-bond donors (Lipinski definition) is 1. The molecule has 1 aromatic rings. The molecule has 5 nitrogen and oxygen atoms in total. The van der Waals surface area contributed by atoms with Crippen LogP contribution in [-0.2, 0) is 11.3 Å². The van der Waals surface area contributed by atoms with Crippen molar-refractivity contribution in [1.29, 1.82) is 0 Å². The number of imidazole rings is 1. The number of nitrogens with two attached hydrogens (primary N) is 1. The van der Waals surface area contributed by atoms with Gasteiger partial charge in [0.2, 0.25) is 6.33 Å². The van der Waals surface area contributed by atoms with Crippen molar-refractivity contribution >= 4 is 12.2 Å². The van der Waals surface area contributed by atoms with E-state index in [-0.39, 0.29) is 6.54 Å². The van der Waals surface area contributed by atoms with Crippen LogP contribution in [0.5, 0.6) is 0 Å². The van der Waals surface area contributed by atoms with Gasteiger partial charge < -0.3 is 15.6 Å². The molecule has 0 aliphatic rings. The molecule has 0 unspecified atom stereocenters. The Morgan fingerprint density at radius 2 is 2.31 bits per heavy atom. The molecular weight excluding hydrogens is 206 g/mol. The van der Waals surface area contributed by atoms with Gasteiger partial charge in [-0.15, -0.1) is 0 Å². The van der Waals surface area contributed by atoms with Crippen LogP contribution in [0.25, 0.3) is 6.20 Å². The largest absolute Gasteiger partial charge is 0.549 e. The van der Waals surface area contributed by atoms with Crippen LogP contribution in [0.4, 0.5) is 0 Å². The highest BCUT2D eigenvalue weighted by molar-refractivity contribution is 5.66. The van der Waals surface area contributed by atoms with Crippen LogP contribution in [-0.4, -0.2) is 17.1 Å². The molecule has 0 aliphatic heterocycles. The first-order valence-electron chi connectivity index (χ1n) is 5.23. The number of aromatic nitrogens is 2. The van der Waals surface area contributed by atoms with Gasteiger partial charge in [0.15, 0.2) is 0 Å². The second-order valence-corrected chi connectivity index (χ2v) is 3.21. The smallest absolute Gasteiger partial charge is 0.248 e. The number of unbranched alkanes of at least 4 members (excludes halogenated alkanes) is 1. The van der Waals surface area contributed by atoms with E-state index in [9.17, 15) is 0 Å². The lowest BCUT2D eigenvalue weighted by molar-refractivity contribution is -0.696. The van der Waals surface area contributed by atoms with Crippen LogP contribution in [0.2, 0.25) is 0 Å². The molecule has 0 atom stereocenters. The van der Waals surface area contributed by atoms with Crippen LogP contribution in [0.15, 0.2) is 25.3 Å². The second-order valence-electron chi connectivity index (χ2n) is 3.21. The lowest BCUT2D eigenvalue weighted by atomic mass is 10.3. The van der Waals surface area contributed by atoms with Gasteiger partial charge in [-0.3, -0.25) is 0 Å². The van der Waals surface area contributed by atoms with Crippen LogP contribution in [0.1, 0.15) is 19.8 Å². The highest BCUT2D eigenvalue weighted by atomic mass is 16.4. The van der Waals surface area contributed by atoms with Gasteiger partial charge in [0.25, 0.3) is 0 Å². The lowest BCUT2D eigenvalue weighted by Crippen LogP contribution is -2.30. The number of hydrogen-bond acceptors (Lipinski definition) is 3. The van der Waals surface area contributed by atoms with E-state index in [1.54, 1.807) is 6.20 Å². The third kappa shape index (κ3) is 6.78. The van der Waals surface area contributed by atoms with Gasteiger partial charge >= 0.3 is 0 Å². The molecule has 2 N–H and O–H groups in total. The summed E-state index contributed by atoms with van der Waals surface area (Å²) in [4.78, 5) is 9.13. The number of nitrogens with zero attached hydrogens (tertiary/aromatic N) is 2. The van der Waals surface area contributed by atoms with E-state index in [4.69, 9.17) is 9.90 Å². The van der Waals surface area contributed by atoms with Crippen LogP contribution in [0.3, 0.4) is 0 Å². The van der Waals surface area contributed by atoms with Gasteiger partial charge in [-0.25, -0.2) is 9.13 Å². The first-order valence-corrected chi connectivity index (χ1v) is 5.23. The topological polar surface area (TPSA) is 75.0 Å². The Kier molecular flexibility index (Phi) is 7.79. The van der Waals surface area contributed by atoms with E-state index in [1.807, 2.05) is 17.1 Å². The molecule has 1 heterocycles. The average molecular weight is 225 g/mol. The highest BCUT2D eigenvalue weighted by Gasteiger charge is 1.97. The molecule has 1 rings (SSSR count). The van der Waals surface area contributed by atoms with Gasteiger partial charge in [-0.05, 0) is 6.42 Å². The average Bonchev–Trinajstić information content (AvgIpc) is 2.75. The fourth-order valence-electron chi connectivity index (χ4n) is 0.992. The van der Waals surface area contributed by atoms with E-state index in [0.29, 0.717) is 0 Å². The second kappa shape index (κ2) is 8.67. The van der Waals surface area contributed by atoms with Crippen LogP contribution >= 0.6 is 0 Å². The summed E-state index contributed by atoms with van der Waals surface area (Å²) in [5.74, 6) is -1.22. The maximum atomic E-state index is 9.13. The number of carbonyl (C=O) groups excluding carboxylic acids is 1. The molecule has 0 saturated carbocycles. The van der Waals surface area contributed by atoms with Gasteiger partial charge in [0.1, 0.15) is 12.4 Å². The Bertz CT molecular complexity index is 321. The van der Waals surface area contributed by atoms with Crippen molar-refractivity contribution in [2.45, 2.75) is 26.3 Å². The zero-order valence-electron chi connectivity index (χ0n) is 9.63. The predicted octanol–water partition coefficient (Wildman–Crippen LogP) is -0.629. The van der Waals surface area contributed by atoms with E-state index in [2.05, 4.69) is 30.0 Å².